The lowest BCUT2D eigenvalue weighted by atomic mass is 9.85. The van der Waals surface area contributed by atoms with E-state index in [0.717, 1.165) is 5.56 Å². The van der Waals surface area contributed by atoms with E-state index in [4.69, 9.17) is 9.29 Å². The Hall–Kier alpha value is -1.20. The third-order valence-electron chi connectivity index (χ3n) is 2.47. The highest BCUT2D eigenvalue weighted by Gasteiger charge is 2.30. The normalized spacial score (nSPS) is 13.2. The number of carbonyl (C=O) groups excluding carboxylic acids is 1. The van der Waals surface area contributed by atoms with Gasteiger partial charge in [-0.1, -0.05) is 12.1 Å². The van der Waals surface area contributed by atoms with Crippen molar-refractivity contribution in [2.45, 2.75) is 24.2 Å². The first kappa shape index (κ1) is 12.9. The monoisotopic (exact) mass is 242 g/mol. The third kappa shape index (κ3) is 2.48. The van der Waals surface area contributed by atoms with E-state index in [1.165, 1.54) is 19.2 Å². The van der Waals surface area contributed by atoms with Gasteiger partial charge in [0.1, 0.15) is 0 Å². The molecular weight excluding hydrogens is 228 g/mol. The van der Waals surface area contributed by atoms with Gasteiger partial charge in [0.05, 0.1) is 17.4 Å². The van der Waals surface area contributed by atoms with Crippen LogP contribution < -0.4 is 0 Å². The van der Waals surface area contributed by atoms with Crippen LogP contribution in [0.3, 0.4) is 0 Å². The molecular formula is C11H14O4S. The van der Waals surface area contributed by atoms with Crippen LogP contribution in [0.5, 0.6) is 0 Å². The molecule has 1 aromatic rings. The molecule has 1 aromatic carbocycles. The highest BCUT2D eigenvalue weighted by Crippen LogP contribution is 2.25. The molecule has 88 valence electrons. The Morgan fingerprint density at radius 1 is 1.31 bits per heavy atom. The summed E-state index contributed by atoms with van der Waals surface area (Å²) in [4.78, 5) is 11.8. The largest absolute Gasteiger partial charge is 0.468 e. The summed E-state index contributed by atoms with van der Waals surface area (Å²) in [7, 11) is 1.33. The first-order valence-electron chi connectivity index (χ1n) is 4.69. The highest BCUT2D eigenvalue weighted by atomic mass is 32.2. The van der Waals surface area contributed by atoms with E-state index >= 15 is 0 Å². The second-order valence-electron chi connectivity index (χ2n) is 3.89. The molecule has 1 rings (SSSR count). The minimum Gasteiger partial charge on any atom is -0.468 e. The van der Waals surface area contributed by atoms with Gasteiger partial charge in [0.25, 0.3) is 0 Å². The lowest BCUT2D eigenvalue weighted by molar-refractivity contribution is -0.146. The van der Waals surface area contributed by atoms with Gasteiger partial charge >= 0.3 is 5.97 Å². The van der Waals surface area contributed by atoms with Crippen LogP contribution in [0.1, 0.15) is 19.4 Å². The molecule has 0 radical (unpaired) electrons. The van der Waals surface area contributed by atoms with Gasteiger partial charge in [-0.15, -0.1) is 0 Å². The molecule has 4 nitrogen and oxygen atoms in total. The van der Waals surface area contributed by atoms with E-state index in [2.05, 4.69) is 0 Å². The van der Waals surface area contributed by atoms with Crippen LogP contribution in [0.2, 0.25) is 0 Å². The fourth-order valence-electron chi connectivity index (χ4n) is 1.36. The molecule has 0 fully saturated rings. The molecule has 16 heavy (non-hydrogen) atoms. The second-order valence-corrected chi connectivity index (χ2v) is 4.86. The van der Waals surface area contributed by atoms with Crippen molar-refractivity contribution in [3.05, 3.63) is 29.8 Å². The fourth-order valence-corrected chi connectivity index (χ4v) is 1.73. The number of rotatable bonds is 3. The molecule has 0 bridgehead atoms. The maximum absolute atomic E-state index is 11.5. The molecule has 5 heteroatoms. The summed E-state index contributed by atoms with van der Waals surface area (Å²) in [6.07, 6.45) is 0. The zero-order valence-electron chi connectivity index (χ0n) is 9.39. The molecule has 1 N–H and O–H groups in total. The molecule has 0 saturated carbocycles. The Balaban J connectivity index is 3.06. The predicted molar refractivity (Wildman–Crippen MR) is 60.5 cm³/mol. The maximum Gasteiger partial charge on any atom is 0.315 e. The van der Waals surface area contributed by atoms with Crippen LogP contribution in [-0.4, -0.2) is 21.8 Å². The Kier molecular flexibility index (Phi) is 3.83. The Morgan fingerprint density at radius 3 is 2.19 bits per heavy atom. The van der Waals surface area contributed by atoms with Crippen LogP contribution in [0.4, 0.5) is 0 Å². The highest BCUT2D eigenvalue weighted by molar-refractivity contribution is 7.79. The number of esters is 1. The molecule has 1 atom stereocenters. The molecule has 0 aliphatic carbocycles. The predicted octanol–water partition coefficient (Wildman–Crippen LogP) is 1.72. The van der Waals surface area contributed by atoms with E-state index in [-0.39, 0.29) is 5.97 Å². The van der Waals surface area contributed by atoms with Gasteiger partial charge in [0.15, 0.2) is 11.1 Å². The summed E-state index contributed by atoms with van der Waals surface area (Å²) < 4.78 is 24.3. The minimum atomic E-state index is -1.99. The summed E-state index contributed by atoms with van der Waals surface area (Å²) in [5.74, 6) is -0.342. The van der Waals surface area contributed by atoms with Crippen LogP contribution in [0.25, 0.3) is 0 Å². The van der Waals surface area contributed by atoms with Gasteiger partial charge < -0.3 is 9.29 Å². The van der Waals surface area contributed by atoms with Crippen LogP contribution >= 0.6 is 0 Å². The van der Waals surface area contributed by atoms with Crippen LogP contribution in [-0.2, 0) is 26.0 Å². The standard InChI is InChI=1S/C11H14O4S/c1-11(2,10(12)15-3)8-4-6-9(7-5-8)16(13)14/h4-7H,1-3H3,(H,13,14). The first-order valence-corrected chi connectivity index (χ1v) is 5.80. The molecule has 0 aromatic heterocycles. The van der Waals surface area contributed by atoms with Gasteiger partial charge in [-0.25, -0.2) is 4.21 Å². The fraction of sp³-hybridized carbons (Fsp3) is 0.364. The van der Waals surface area contributed by atoms with E-state index in [1.807, 2.05) is 0 Å². The first-order chi connectivity index (χ1) is 7.39. The summed E-state index contributed by atoms with van der Waals surface area (Å²) >= 11 is -1.99. The van der Waals surface area contributed by atoms with Gasteiger partial charge in [-0.05, 0) is 31.5 Å². The molecule has 0 spiro atoms. The second kappa shape index (κ2) is 4.76. The topological polar surface area (TPSA) is 63.6 Å². The number of hydrogen-bond donors (Lipinski definition) is 1. The van der Waals surface area contributed by atoms with Crippen molar-refractivity contribution in [2.24, 2.45) is 0 Å². The van der Waals surface area contributed by atoms with Crippen LogP contribution in [0.15, 0.2) is 29.2 Å². The molecule has 0 aliphatic rings. The van der Waals surface area contributed by atoms with Gasteiger partial charge in [0, 0.05) is 0 Å². The van der Waals surface area contributed by atoms with Crippen molar-refractivity contribution >= 4 is 17.0 Å². The number of methoxy groups -OCH3 is 1. The number of hydrogen-bond acceptors (Lipinski definition) is 3. The Bertz CT molecular complexity index is 408. The molecule has 0 heterocycles. The number of carbonyl (C=O) groups is 1. The summed E-state index contributed by atoms with van der Waals surface area (Å²) in [5, 5.41) is 0. The molecule has 1 unspecified atom stereocenters. The molecule has 0 aliphatic heterocycles. The molecule has 0 saturated heterocycles. The zero-order valence-corrected chi connectivity index (χ0v) is 10.2. The van der Waals surface area contributed by atoms with Crippen LogP contribution in [0, 0.1) is 0 Å². The minimum absolute atomic E-state index is 0.310. The Labute approximate surface area is 96.9 Å². The van der Waals surface area contributed by atoms with Gasteiger partial charge in [-0.2, -0.15) is 0 Å². The van der Waals surface area contributed by atoms with Crippen molar-refractivity contribution in [2.75, 3.05) is 7.11 Å². The van der Waals surface area contributed by atoms with E-state index in [9.17, 15) is 9.00 Å². The quantitative estimate of drug-likeness (QED) is 0.647. The van der Waals surface area contributed by atoms with Crippen molar-refractivity contribution < 1.29 is 18.3 Å². The SMILES string of the molecule is COC(=O)C(C)(C)c1ccc(S(=O)O)cc1. The van der Waals surface area contributed by atoms with Crippen molar-refractivity contribution in [3.63, 3.8) is 0 Å². The summed E-state index contributed by atoms with van der Waals surface area (Å²) in [6, 6.07) is 6.35. The lowest BCUT2D eigenvalue weighted by Gasteiger charge is -2.21. The summed E-state index contributed by atoms with van der Waals surface area (Å²) in [5.41, 5.74) is -0.0157. The van der Waals surface area contributed by atoms with Gasteiger partial charge in [0.2, 0.25) is 0 Å². The third-order valence-corrected chi connectivity index (χ3v) is 3.15. The van der Waals surface area contributed by atoms with Gasteiger partial charge in [-0.3, -0.25) is 4.79 Å². The Morgan fingerprint density at radius 2 is 1.81 bits per heavy atom. The van der Waals surface area contributed by atoms with Crippen molar-refractivity contribution in [3.8, 4) is 0 Å². The number of benzene rings is 1. The maximum atomic E-state index is 11.5. The van der Waals surface area contributed by atoms with E-state index in [0.29, 0.717) is 4.90 Å². The average molecular weight is 242 g/mol. The summed E-state index contributed by atoms with van der Waals surface area (Å²) in [6.45, 7) is 3.48. The smallest absolute Gasteiger partial charge is 0.315 e. The van der Waals surface area contributed by atoms with E-state index < -0.39 is 16.5 Å². The lowest BCUT2D eigenvalue weighted by Crippen LogP contribution is -2.30. The number of ether oxygens (including phenoxy) is 1. The van der Waals surface area contributed by atoms with E-state index in [1.54, 1.807) is 26.0 Å². The molecule has 0 amide bonds. The van der Waals surface area contributed by atoms with Crippen molar-refractivity contribution in [1.29, 1.82) is 0 Å². The zero-order chi connectivity index (χ0) is 12.3. The van der Waals surface area contributed by atoms with Crippen molar-refractivity contribution in [1.82, 2.24) is 0 Å². The average Bonchev–Trinajstić information content (AvgIpc) is 2.28.